The highest BCUT2D eigenvalue weighted by Gasteiger charge is 2.36. The number of nitrogens with one attached hydrogen (secondary N) is 1. The molecule has 0 saturated heterocycles. The number of fused-ring (bicyclic) bond motifs is 1. The number of methoxy groups -OCH3 is 1. The SMILES string of the molecule is C=CCOC(=O)C1=C(C)Nc2nc(SCc3ccccc3Cl)nn2C1c1cc(Br)c(OCC(=O)N(CC)CC)c(OC)c1. The Balaban J connectivity index is 1.72. The molecule has 1 atom stereocenters. The third-order valence-corrected chi connectivity index (χ3v) is 8.57. The molecular weight excluding hydrogens is 658 g/mol. The Bertz CT molecular complexity index is 1540. The number of hydrogen-bond acceptors (Lipinski definition) is 9. The quantitative estimate of drug-likeness (QED) is 0.126. The van der Waals surface area contributed by atoms with Gasteiger partial charge in [0.25, 0.3) is 5.91 Å². The summed E-state index contributed by atoms with van der Waals surface area (Å²) in [5.74, 6) is 1.10. The number of nitrogens with zero attached hydrogens (tertiary/aromatic N) is 4. The highest BCUT2D eigenvalue weighted by atomic mass is 79.9. The van der Waals surface area contributed by atoms with E-state index in [1.807, 2.05) is 44.2 Å². The third kappa shape index (κ3) is 7.36. The largest absolute Gasteiger partial charge is 0.493 e. The first kappa shape index (κ1) is 32.4. The summed E-state index contributed by atoms with van der Waals surface area (Å²) in [4.78, 5) is 32.3. The molecule has 0 radical (unpaired) electrons. The lowest BCUT2D eigenvalue weighted by molar-refractivity contribution is -0.138. The standard InChI is InChI=1S/C30H33BrClN5O5S/c1-6-13-41-28(39)25-18(4)33-29-34-30(43-17-19-11-9-10-12-22(19)32)35-37(29)26(25)20-14-21(31)27(23(15-20)40-5)42-16-24(38)36(7-2)8-3/h6,9-12,14-15,26H,1,7-8,13,16-17H2,2-5H3,(H,33,34,35). The second-order valence-corrected chi connectivity index (χ2v) is 11.6. The summed E-state index contributed by atoms with van der Waals surface area (Å²) in [5.41, 5.74) is 2.53. The number of anilines is 1. The first-order valence-corrected chi connectivity index (χ1v) is 15.7. The number of benzene rings is 2. The van der Waals surface area contributed by atoms with E-state index in [4.69, 9.17) is 30.9 Å². The van der Waals surface area contributed by atoms with Crippen LogP contribution in [-0.2, 0) is 20.1 Å². The van der Waals surface area contributed by atoms with Crippen molar-refractivity contribution >= 4 is 57.1 Å². The van der Waals surface area contributed by atoms with Crippen molar-refractivity contribution in [1.29, 1.82) is 0 Å². The molecule has 3 aromatic rings. The number of esters is 1. The smallest absolute Gasteiger partial charge is 0.338 e. The van der Waals surface area contributed by atoms with Crippen LogP contribution >= 0.6 is 39.3 Å². The number of hydrogen-bond donors (Lipinski definition) is 1. The van der Waals surface area contributed by atoms with Crippen LogP contribution in [0.5, 0.6) is 11.5 Å². The number of rotatable bonds is 13. The van der Waals surface area contributed by atoms with Gasteiger partial charge in [-0.25, -0.2) is 9.48 Å². The summed E-state index contributed by atoms with van der Waals surface area (Å²) in [6, 6.07) is 10.5. The third-order valence-electron chi connectivity index (χ3n) is 6.72. The summed E-state index contributed by atoms with van der Waals surface area (Å²) >= 11 is 11.4. The maximum Gasteiger partial charge on any atom is 0.338 e. The van der Waals surface area contributed by atoms with Crippen molar-refractivity contribution in [2.75, 3.05) is 38.7 Å². The fraction of sp³-hybridized carbons (Fsp3) is 0.333. The van der Waals surface area contributed by atoms with Crippen LogP contribution in [0.4, 0.5) is 5.95 Å². The summed E-state index contributed by atoms with van der Waals surface area (Å²) in [6.45, 7) is 10.3. The van der Waals surface area contributed by atoms with Crippen molar-refractivity contribution < 1.29 is 23.8 Å². The number of aromatic nitrogens is 3. The zero-order valence-corrected chi connectivity index (χ0v) is 27.5. The monoisotopic (exact) mass is 689 g/mol. The molecule has 0 saturated carbocycles. The molecule has 1 amide bonds. The summed E-state index contributed by atoms with van der Waals surface area (Å²) in [5, 5.41) is 9.13. The van der Waals surface area contributed by atoms with E-state index in [2.05, 4.69) is 32.8 Å². The van der Waals surface area contributed by atoms with E-state index in [-0.39, 0.29) is 19.1 Å². The molecule has 1 aromatic heterocycles. The number of likely N-dealkylation sites (N-methyl/N-ethyl adjacent to an activating group) is 1. The Hall–Kier alpha value is -3.48. The molecule has 2 aromatic carbocycles. The fourth-order valence-electron chi connectivity index (χ4n) is 4.57. The van der Waals surface area contributed by atoms with Crippen LogP contribution in [0, 0.1) is 0 Å². The lowest BCUT2D eigenvalue weighted by Crippen LogP contribution is -2.34. The predicted octanol–water partition coefficient (Wildman–Crippen LogP) is 6.26. The summed E-state index contributed by atoms with van der Waals surface area (Å²) in [6.07, 6.45) is 1.51. The number of carbonyl (C=O) groups excluding carboxylic acids is 2. The first-order chi connectivity index (χ1) is 20.7. The number of allylic oxidation sites excluding steroid dienone is 1. The van der Waals surface area contributed by atoms with E-state index in [9.17, 15) is 9.59 Å². The number of thioether (sulfide) groups is 1. The second kappa shape index (κ2) is 14.8. The average molecular weight is 691 g/mol. The van der Waals surface area contributed by atoms with Crippen LogP contribution in [0.15, 0.2) is 70.0 Å². The fourth-order valence-corrected chi connectivity index (χ4v) is 6.26. The predicted molar refractivity (Wildman–Crippen MR) is 171 cm³/mol. The van der Waals surface area contributed by atoms with Gasteiger partial charge in [-0.2, -0.15) is 4.98 Å². The Morgan fingerprint density at radius 1 is 1.26 bits per heavy atom. The molecule has 0 bridgehead atoms. The van der Waals surface area contributed by atoms with Crippen molar-refractivity contribution in [2.45, 2.75) is 37.7 Å². The summed E-state index contributed by atoms with van der Waals surface area (Å²) < 4.78 is 19.3. The van der Waals surface area contributed by atoms with Gasteiger partial charge < -0.3 is 24.4 Å². The van der Waals surface area contributed by atoms with Crippen LogP contribution in [0.2, 0.25) is 5.02 Å². The molecular formula is C30H33BrClN5O5S. The van der Waals surface area contributed by atoms with Crippen LogP contribution < -0.4 is 14.8 Å². The van der Waals surface area contributed by atoms with Crippen LogP contribution in [-0.4, -0.2) is 65.0 Å². The first-order valence-electron chi connectivity index (χ1n) is 13.6. The van der Waals surface area contributed by atoms with E-state index in [1.54, 1.807) is 22.6 Å². The molecule has 2 heterocycles. The van der Waals surface area contributed by atoms with Gasteiger partial charge in [0.1, 0.15) is 12.6 Å². The molecule has 1 aliphatic heterocycles. The molecule has 0 fully saturated rings. The van der Waals surface area contributed by atoms with Gasteiger partial charge in [-0.1, -0.05) is 54.2 Å². The summed E-state index contributed by atoms with van der Waals surface area (Å²) in [7, 11) is 1.51. The Morgan fingerprint density at radius 3 is 2.67 bits per heavy atom. The topological polar surface area (TPSA) is 108 Å². The zero-order valence-electron chi connectivity index (χ0n) is 24.4. The minimum atomic E-state index is -0.715. The average Bonchev–Trinajstić information content (AvgIpc) is 3.40. The van der Waals surface area contributed by atoms with E-state index < -0.39 is 12.0 Å². The molecule has 1 unspecified atom stereocenters. The van der Waals surface area contributed by atoms with E-state index in [1.165, 1.54) is 24.9 Å². The minimum absolute atomic E-state index is 0.0475. The lowest BCUT2D eigenvalue weighted by Gasteiger charge is -2.28. The van der Waals surface area contributed by atoms with Gasteiger partial charge in [0.15, 0.2) is 18.1 Å². The molecule has 228 valence electrons. The van der Waals surface area contributed by atoms with Gasteiger partial charge in [-0.15, -0.1) is 5.10 Å². The van der Waals surface area contributed by atoms with E-state index >= 15 is 0 Å². The Morgan fingerprint density at radius 2 is 2.00 bits per heavy atom. The number of carbonyl (C=O) groups is 2. The lowest BCUT2D eigenvalue weighted by atomic mass is 9.95. The van der Waals surface area contributed by atoms with Gasteiger partial charge in [-0.3, -0.25) is 4.79 Å². The van der Waals surface area contributed by atoms with E-state index in [0.29, 0.717) is 67.8 Å². The van der Waals surface area contributed by atoms with Gasteiger partial charge >= 0.3 is 5.97 Å². The highest BCUT2D eigenvalue weighted by molar-refractivity contribution is 9.10. The maximum atomic E-state index is 13.4. The molecule has 1 aliphatic rings. The molecule has 4 rings (SSSR count). The number of ether oxygens (including phenoxy) is 3. The Kier molecular flexibility index (Phi) is 11.2. The van der Waals surface area contributed by atoms with Crippen LogP contribution in [0.3, 0.4) is 0 Å². The molecule has 0 aliphatic carbocycles. The highest BCUT2D eigenvalue weighted by Crippen LogP contribution is 2.43. The molecule has 1 N–H and O–H groups in total. The minimum Gasteiger partial charge on any atom is -0.493 e. The normalized spacial score (nSPS) is 14.0. The van der Waals surface area contributed by atoms with Crippen molar-refractivity contribution in [1.82, 2.24) is 19.7 Å². The molecule has 0 spiro atoms. The van der Waals surface area contributed by atoms with Crippen LogP contribution in [0.25, 0.3) is 0 Å². The molecule has 10 nitrogen and oxygen atoms in total. The van der Waals surface area contributed by atoms with Gasteiger partial charge in [0.05, 0.1) is 17.2 Å². The molecule has 43 heavy (non-hydrogen) atoms. The second-order valence-electron chi connectivity index (χ2n) is 9.38. The van der Waals surface area contributed by atoms with Crippen molar-refractivity contribution in [3.8, 4) is 11.5 Å². The van der Waals surface area contributed by atoms with Crippen molar-refractivity contribution in [2.24, 2.45) is 0 Å². The number of amides is 1. The zero-order chi connectivity index (χ0) is 31.1. The van der Waals surface area contributed by atoms with Gasteiger partial charge in [0, 0.05) is 29.6 Å². The Labute approximate surface area is 268 Å². The van der Waals surface area contributed by atoms with Gasteiger partial charge in [-0.05, 0) is 66.0 Å². The van der Waals surface area contributed by atoms with Crippen LogP contribution in [0.1, 0.15) is 37.9 Å². The van der Waals surface area contributed by atoms with Crippen molar-refractivity contribution in [3.05, 3.63) is 80.9 Å². The van der Waals surface area contributed by atoms with Gasteiger partial charge in [0.2, 0.25) is 11.1 Å². The van der Waals surface area contributed by atoms with E-state index in [0.717, 1.165) is 5.56 Å². The number of halogens is 2. The molecule has 13 heteroatoms. The van der Waals surface area contributed by atoms with Crippen molar-refractivity contribution in [3.63, 3.8) is 0 Å². The maximum absolute atomic E-state index is 13.4.